The maximum Gasteiger partial charge on any atom is 0.255 e. The second-order valence-corrected chi connectivity index (χ2v) is 9.62. The van der Waals surface area contributed by atoms with E-state index in [1.807, 2.05) is 54.3 Å². The Morgan fingerprint density at radius 3 is 2.59 bits per heavy atom. The van der Waals surface area contributed by atoms with Crippen molar-refractivity contribution in [2.45, 2.75) is 46.1 Å². The molecule has 0 spiro atoms. The number of H-pyrrole nitrogens is 1. The van der Waals surface area contributed by atoms with Gasteiger partial charge >= 0.3 is 0 Å². The van der Waals surface area contributed by atoms with Crippen molar-refractivity contribution in [1.82, 2.24) is 14.9 Å². The molecule has 4 aromatic rings. The lowest BCUT2D eigenvalue weighted by molar-refractivity contribution is 0.0606. The Morgan fingerprint density at radius 1 is 1.03 bits per heavy atom. The minimum absolute atomic E-state index is 0.0254. The van der Waals surface area contributed by atoms with Gasteiger partial charge in [0.05, 0.1) is 23.7 Å². The van der Waals surface area contributed by atoms with Crippen LogP contribution >= 0.6 is 0 Å². The van der Waals surface area contributed by atoms with E-state index in [-0.39, 0.29) is 5.91 Å². The molecule has 1 fully saturated rings. The van der Waals surface area contributed by atoms with Gasteiger partial charge in [0.25, 0.3) is 5.91 Å². The van der Waals surface area contributed by atoms with E-state index in [9.17, 15) is 4.79 Å². The zero-order valence-corrected chi connectivity index (χ0v) is 20.5. The van der Waals surface area contributed by atoms with Crippen LogP contribution in [0, 0.1) is 20.8 Å². The topological polar surface area (TPSA) is 58.2 Å². The molecular formula is C29H31N3O2. The highest BCUT2D eigenvalue weighted by Crippen LogP contribution is 2.41. The third-order valence-electron chi connectivity index (χ3n) is 7.30. The van der Waals surface area contributed by atoms with Crippen LogP contribution in [0.15, 0.2) is 54.6 Å². The van der Waals surface area contributed by atoms with Crippen LogP contribution in [0.3, 0.4) is 0 Å². The van der Waals surface area contributed by atoms with Crippen LogP contribution in [0.25, 0.3) is 22.2 Å². The quantitative estimate of drug-likeness (QED) is 0.394. The molecule has 5 nitrogen and oxygen atoms in total. The number of aromatic nitrogens is 2. The number of carbonyl (C=O) groups is 1. The molecule has 5 heteroatoms. The molecular weight excluding hydrogens is 422 g/mol. The molecule has 1 N–H and O–H groups in total. The van der Waals surface area contributed by atoms with Crippen LogP contribution in [-0.4, -0.2) is 34.4 Å². The van der Waals surface area contributed by atoms with Gasteiger partial charge in [-0.15, -0.1) is 0 Å². The molecule has 1 unspecified atom stereocenters. The molecule has 1 aliphatic heterocycles. The van der Waals surface area contributed by atoms with Gasteiger partial charge in [-0.1, -0.05) is 35.9 Å². The first-order valence-corrected chi connectivity index (χ1v) is 11.9. The summed E-state index contributed by atoms with van der Waals surface area (Å²) in [5.41, 5.74) is 7.47. The van der Waals surface area contributed by atoms with Crippen molar-refractivity contribution in [1.29, 1.82) is 0 Å². The predicted octanol–water partition coefficient (Wildman–Crippen LogP) is 6.32. The van der Waals surface area contributed by atoms with Gasteiger partial charge in [0.15, 0.2) is 0 Å². The smallest absolute Gasteiger partial charge is 0.255 e. The number of amides is 1. The molecule has 5 rings (SSSR count). The summed E-state index contributed by atoms with van der Waals surface area (Å²) in [4.78, 5) is 24.6. The molecule has 0 aliphatic carbocycles. The fourth-order valence-corrected chi connectivity index (χ4v) is 5.14. The Bertz CT molecular complexity index is 1370. The Kier molecular flexibility index (Phi) is 5.43. The molecule has 0 radical (unpaired) electrons. The first-order chi connectivity index (χ1) is 16.3. The second kappa shape index (κ2) is 8.32. The van der Waals surface area contributed by atoms with Crippen molar-refractivity contribution < 1.29 is 9.53 Å². The number of carbonyl (C=O) groups excluding carboxylic acids is 1. The molecule has 0 bridgehead atoms. The van der Waals surface area contributed by atoms with Gasteiger partial charge in [-0.3, -0.25) is 4.79 Å². The maximum absolute atomic E-state index is 14.1. The number of likely N-dealkylation sites (tertiary alicyclic amines) is 1. The van der Waals surface area contributed by atoms with Gasteiger partial charge in [-0.25, -0.2) is 4.98 Å². The number of nitrogens with zero attached hydrogens (tertiary/aromatic N) is 2. The average molecular weight is 454 g/mol. The monoisotopic (exact) mass is 453 g/mol. The number of nitrogens with one attached hydrogen (secondary N) is 1. The van der Waals surface area contributed by atoms with Crippen LogP contribution in [0.4, 0.5) is 0 Å². The van der Waals surface area contributed by atoms with Crippen LogP contribution in [0.2, 0.25) is 0 Å². The summed E-state index contributed by atoms with van der Waals surface area (Å²) < 4.78 is 5.61. The number of aromatic amines is 1. The van der Waals surface area contributed by atoms with Crippen molar-refractivity contribution in [3.8, 4) is 16.9 Å². The highest BCUT2D eigenvalue weighted by molar-refractivity contribution is 6.02. The molecule has 2 heterocycles. The molecule has 174 valence electrons. The van der Waals surface area contributed by atoms with Crippen LogP contribution in [0.5, 0.6) is 5.75 Å². The van der Waals surface area contributed by atoms with Crippen LogP contribution < -0.4 is 4.74 Å². The number of rotatable bonds is 4. The standard InChI is InChI=1S/C29H31N3O2/c1-18-11-12-21(22-9-6-7-10-26(22)34-5)23(15-18)27(33)32-14-8-13-29(32,4)28-30-24-16-19(2)20(3)17-25(24)31-28/h6-7,9-12,15-17H,8,13-14H2,1-5H3,(H,30,31). The molecule has 0 saturated carbocycles. The molecule has 3 aromatic carbocycles. The van der Waals surface area contributed by atoms with Gasteiger partial charge in [0.2, 0.25) is 0 Å². The zero-order valence-electron chi connectivity index (χ0n) is 20.5. The number of benzene rings is 3. The van der Waals surface area contributed by atoms with Crippen molar-refractivity contribution in [3.63, 3.8) is 0 Å². The normalized spacial score (nSPS) is 18.0. The van der Waals surface area contributed by atoms with Crippen molar-refractivity contribution in [2.75, 3.05) is 13.7 Å². The number of para-hydroxylation sites is 1. The molecule has 1 amide bonds. The Balaban J connectivity index is 1.60. The van der Waals surface area contributed by atoms with E-state index in [0.29, 0.717) is 12.1 Å². The lowest BCUT2D eigenvalue weighted by Crippen LogP contribution is -2.43. The lowest BCUT2D eigenvalue weighted by atomic mass is 9.93. The summed E-state index contributed by atoms with van der Waals surface area (Å²) in [6.45, 7) is 9.07. The number of methoxy groups -OCH3 is 1. The van der Waals surface area contributed by atoms with E-state index >= 15 is 0 Å². The largest absolute Gasteiger partial charge is 0.496 e. The predicted molar refractivity (Wildman–Crippen MR) is 136 cm³/mol. The lowest BCUT2D eigenvalue weighted by Gasteiger charge is -2.34. The molecule has 1 aliphatic rings. The third-order valence-corrected chi connectivity index (χ3v) is 7.30. The summed E-state index contributed by atoms with van der Waals surface area (Å²) in [5, 5.41) is 0. The van der Waals surface area contributed by atoms with E-state index in [1.165, 1.54) is 11.1 Å². The summed E-state index contributed by atoms with van der Waals surface area (Å²) >= 11 is 0. The Hall–Kier alpha value is -3.60. The first-order valence-electron chi connectivity index (χ1n) is 11.9. The number of fused-ring (bicyclic) bond motifs is 1. The first kappa shape index (κ1) is 22.2. The highest BCUT2D eigenvalue weighted by atomic mass is 16.5. The maximum atomic E-state index is 14.1. The fourth-order valence-electron chi connectivity index (χ4n) is 5.14. The van der Waals surface area contributed by atoms with E-state index in [1.54, 1.807) is 7.11 Å². The zero-order chi connectivity index (χ0) is 24.0. The third kappa shape index (κ3) is 3.56. The van der Waals surface area contributed by atoms with Gasteiger partial charge < -0.3 is 14.6 Å². The SMILES string of the molecule is COc1ccccc1-c1ccc(C)cc1C(=O)N1CCCC1(C)c1nc2cc(C)c(C)cc2[nH]1. The Labute approximate surface area is 200 Å². The molecule has 1 aromatic heterocycles. The van der Waals surface area contributed by atoms with Gasteiger partial charge in [-0.2, -0.15) is 0 Å². The van der Waals surface area contributed by atoms with Crippen molar-refractivity contribution >= 4 is 16.9 Å². The van der Waals surface area contributed by atoms with E-state index < -0.39 is 5.54 Å². The minimum atomic E-state index is -0.500. The van der Waals surface area contributed by atoms with E-state index in [2.05, 4.69) is 37.9 Å². The van der Waals surface area contributed by atoms with E-state index in [4.69, 9.17) is 9.72 Å². The van der Waals surface area contributed by atoms with Gasteiger partial charge in [0.1, 0.15) is 11.6 Å². The fraction of sp³-hybridized carbons (Fsp3) is 0.310. The number of aryl methyl sites for hydroxylation is 3. The number of imidazole rings is 1. The highest BCUT2D eigenvalue weighted by Gasteiger charge is 2.44. The number of hydrogen-bond acceptors (Lipinski definition) is 3. The molecule has 1 atom stereocenters. The summed E-state index contributed by atoms with van der Waals surface area (Å²) in [7, 11) is 1.66. The van der Waals surface area contributed by atoms with E-state index in [0.717, 1.165) is 52.1 Å². The number of hydrogen-bond donors (Lipinski definition) is 1. The van der Waals surface area contributed by atoms with Gasteiger partial charge in [-0.05, 0) is 81.5 Å². The summed E-state index contributed by atoms with van der Waals surface area (Å²) in [6, 6.07) is 18.2. The van der Waals surface area contributed by atoms with Crippen molar-refractivity contribution in [2.24, 2.45) is 0 Å². The average Bonchev–Trinajstić information content (AvgIpc) is 3.43. The molecule has 1 saturated heterocycles. The number of ether oxygens (including phenoxy) is 1. The van der Waals surface area contributed by atoms with Crippen molar-refractivity contribution in [3.05, 3.63) is 82.7 Å². The van der Waals surface area contributed by atoms with Crippen LogP contribution in [-0.2, 0) is 5.54 Å². The van der Waals surface area contributed by atoms with Crippen LogP contribution in [0.1, 0.15) is 52.6 Å². The second-order valence-electron chi connectivity index (χ2n) is 9.62. The molecule has 34 heavy (non-hydrogen) atoms. The van der Waals surface area contributed by atoms with Gasteiger partial charge in [0, 0.05) is 17.7 Å². The summed E-state index contributed by atoms with van der Waals surface area (Å²) in [6.07, 6.45) is 1.81. The summed E-state index contributed by atoms with van der Waals surface area (Å²) in [5.74, 6) is 1.63. The minimum Gasteiger partial charge on any atom is -0.496 e. The Morgan fingerprint density at radius 2 is 1.79 bits per heavy atom.